The average Bonchev–Trinajstić information content (AvgIpc) is 3.44. The van der Waals surface area contributed by atoms with E-state index in [1.54, 1.807) is 17.8 Å². The van der Waals surface area contributed by atoms with E-state index in [0.29, 0.717) is 23.8 Å². The van der Waals surface area contributed by atoms with Gasteiger partial charge in [0.05, 0.1) is 5.56 Å². The second-order valence-electron chi connectivity index (χ2n) is 9.79. The van der Waals surface area contributed by atoms with E-state index in [-0.39, 0.29) is 16.7 Å². The van der Waals surface area contributed by atoms with Crippen LogP contribution in [-0.2, 0) is 18.9 Å². The Labute approximate surface area is 208 Å². The molecule has 5 nitrogen and oxygen atoms in total. The third-order valence-corrected chi connectivity index (χ3v) is 7.79. The van der Waals surface area contributed by atoms with Gasteiger partial charge in [0.15, 0.2) is 23.2 Å². The smallest absolute Gasteiger partial charge is 0.168 e. The Morgan fingerprint density at radius 2 is 1.91 bits per heavy atom. The molecule has 8 heteroatoms. The van der Waals surface area contributed by atoms with Gasteiger partial charge in [0.1, 0.15) is 11.6 Å². The minimum absolute atomic E-state index is 0.191. The molecule has 0 atom stereocenters. The van der Waals surface area contributed by atoms with Crippen molar-refractivity contribution in [1.82, 2.24) is 19.7 Å². The number of hydrogen-bond donors (Lipinski definition) is 1. The van der Waals surface area contributed by atoms with Gasteiger partial charge in [0, 0.05) is 41.2 Å². The quantitative estimate of drug-likeness (QED) is 0.281. The zero-order chi connectivity index (χ0) is 24.6. The molecule has 5 rings (SSSR count). The van der Waals surface area contributed by atoms with Crippen LogP contribution in [0.2, 0.25) is 0 Å². The molecule has 184 valence electrons. The fourth-order valence-corrected chi connectivity index (χ4v) is 5.64. The molecule has 1 aliphatic rings. The normalized spacial score (nSPS) is 16.8. The van der Waals surface area contributed by atoms with Crippen molar-refractivity contribution in [2.24, 2.45) is 7.05 Å². The maximum atomic E-state index is 15.2. The number of H-pyrrole nitrogens is 1. The fourth-order valence-electron chi connectivity index (χ4n) is 4.68. The summed E-state index contributed by atoms with van der Waals surface area (Å²) >= 11 is 1.88. The molecular weight excluding hydrogens is 466 g/mol. The number of nitrogens with one attached hydrogen (secondary N) is 1. The highest BCUT2D eigenvalue weighted by Gasteiger charge is 2.27. The average molecular weight is 497 g/mol. The van der Waals surface area contributed by atoms with Crippen LogP contribution in [-0.4, -0.2) is 31.3 Å². The fraction of sp³-hybridized carbons (Fsp3) is 0.407. The molecule has 1 N–H and O–H groups in total. The molecule has 0 unspecified atom stereocenters. The molecule has 1 aliphatic heterocycles. The molecule has 0 amide bonds. The minimum Gasteiger partial charge on any atom is -0.454 e. The van der Waals surface area contributed by atoms with Crippen LogP contribution in [0.5, 0.6) is 11.5 Å². The number of aryl methyl sites for hydroxylation is 2. The zero-order valence-electron chi connectivity index (χ0n) is 20.3. The molecular formula is C27H30F2N4OS. The van der Waals surface area contributed by atoms with E-state index < -0.39 is 11.6 Å². The Bertz CT molecular complexity index is 1360. The lowest BCUT2D eigenvalue weighted by atomic mass is 9.86. The van der Waals surface area contributed by atoms with Gasteiger partial charge in [-0.05, 0) is 55.0 Å². The van der Waals surface area contributed by atoms with Crippen LogP contribution in [0.1, 0.15) is 50.9 Å². The Hall–Kier alpha value is -2.87. The topological polar surface area (TPSA) is 55.7 Å². The number of thioether (sulfide) groups is 1. The van der Waals surface area contributed by atoms with Gasteiger partial charge >= 0.3 is 0 Å². The van der Waals surface area contributed by atoms with Gasteiger partial charge < -0.3 is 9.72 Å². The first-order chi connectivity index (χ1) is 16.8. The lowest BCUT2D eigenvalue weighted by Gasteiger charge is -2.20. The maximum Gasteiger partial charge on any atom is 0.168 e. The molecule has 0 saturated heterocycles. The molecule has 0 radical (unpaired) electrons. The predicted octanol–water partition coefficient (Wildman–Crippen LogP) is 7.16. The zero-order valence-corrected chi connectivity index (χ0v) is 21.1. The van der Waals surface area contributed by atoms with Crippen molar-refractivity contribution in [2.45, 2.75) is 51.4 Å². The summed E-state index contributed by atoms with van der Waals surface area (Å²) in [7, 11) is 1.77. The highest BCUT2D eigenvalue weighted by Crippen LogP contribution is 2.37. The van der Waals surface area contributed by atoms with Crippen LogP contribution in [0.25, 0.3) is 22.3 Å². The molecule has 2 aromatic carbocycles. The maximum absolute atomic E-state index is 15.2. The summed E-state index contributed by atoms with van der Waals surface area (Å²) in [5.74, 6) is 2.74. The summed E-state index contributed by atoms with van der Waals surface area (Å²) in [5, 5.41) is 5.57. The number of benzene rings is 2. The summed E-state index contributed by atoms with van der Waals surface area (Å²) in [6, 6.07) is 7.85. The van der Waals surface area contributed by atoms with Gasteiger partial charge in [-0.15, -0.1) is 0 Å². The van der Waals surface area contributed by atoms with Crippen molar-refractivity contribution in [2.75, 3.05) is 11.5 Å². The number of halogens is 2. The van der Waals surface area contributed by atoms with E-state index in [9.17, 15) is 4.39 Å². The van der Waals surface area contributed by atoms with E-state index >= 15 is 4.39 Å². The molecule has 2 aromatic heterocycles. The molecule has 35 heavy (non-hydrogen) atoms. The first-order valence-corrected chi connectivity index (χ1v) is 13.2. The molecule has 4 aromatic rings. The van der Waals surface area contributed by atoms with Crippen LogP contribution >= 0.6 is 11.8 Å². The monoisotopic (exact) mass is 496 g/mol. The Kier molecular flexibility index (Phi) is 6.57. The largest absolute Gasteiger partial charge is 0.454 e. The molecule has 3 heterocycles. The van der Waals surface area contributed by atoms with Crippen molar-refractivity contribution < 1.29 is 13.5 Å². The number of aromatic amines is 1. The van der Waals surface area contributed by atoms with Crippen molar-refractivity contribution in [3.05, 3.63) is 59.6 Å². The van der Waals surface area contributed by atoms with Gasteiger partial charge in [-0.25, -0.2) is 18.4 Å². The number of aromatic nitrogens is 4. The Balaban J connectivity index is 1.61. The lowest BCUT2D eigenvalue weighted by Crippen LogP contribution is -2.19. The highest BCUT2D eigenvalue weighted by atomic mass is 32.2. The van der Waals surface area contributed by atoms with Crippen molar-refractivity contribution in [3.63, 3.8) is 0 Å². The lowest BCUT2D eigenvalue weighted by molar-refractivity contribution is 0.424. The SMILES string of the molecule is Cn1nc2nc1-c1cc(ccc1F)Oc1c(F)cc3[nH]ccc3c1CCSCCCCCC2(C)C. The third kappa shape index (κ3) is 4.81. The van der Waals surface area contributed by atoms with Gasteiger partial charge in [-0.1, -0.05) is 26.7 Å². The van der Waals surface area contributed by atoms with E-state index in [2.05, 4.69) is 23.9 Å². The van der Waals surface area contributed by atoms with Gasteiger partial charge in [-0.2, -0.15) is 16.9 Å². The highest BCUT2D eigenvalue weighted by molar-refractivity contribution is 7.99. The molecule has 0 fully saturated rings. The summed E-state index contributed by atoms with van der Waals surface area (Å²) in [6.07, 6.45) is 6.79. The number of ether oxygens (including phenoxy) is 1. The number of rotatable bonds is 0. The second-order valence-corrected chi connectivity index (χ2v) is 11.0. The van der Waals surface area contributed by atoms with E-state index in [0.717, 1.165) is 53.7 Å². The van der Waals surface area contributed by atoms with E-state index in [1.165, 1.54) is 18.2 Å². The number of hydrogen-bond acceptors (Lipinski definition) is 4. The number of fused-ring (bicyclic) bond motifs is 8. The molecule has 0 spiro atoms. The standard InChI is InChI=1S/C27H30F2N4OS/c1-27(2)11-5-4-6-13-35-14-10-19-18-9-12-30-23(18)16-22(29)24(19)34-17-7-8-21(28)20(15-17)25-31-26(27)32-33(25)3/h7-9,12,15-16,30H,4-6,10-11,13-14H2,1-3H3. The molecule has 0 aliphatic carbocycles. The molecule has 4 bridgehead atoms. The minimum atomic E-state index is -0.442. The van der Waals surface area contributed by atoms with Crippen molar-refractivity contribution >= 4 is 22.7 Å². The first-order valence-electron chi connectivity index (χ1n) is 12.1. The predicted molar refractivity (Wildman–Crippen MR) is 137 cm³/mol. The van der Waals surface area contributed by atoms with Crippen LogP contribution in [0, 0.1) is 11.6 Å². The van der Waals surface area contributed by atoms with Gasteiger partial charge in [0.25, 0.3) is 0 Å². The second kappa shape index (κ2) is 9.64. The molecule has 0 saturated carbocycles. The number of nitrogens with zero attached hydrogens (tertiary/aromatic N) is 3. The van der Waals surface area contributed by atoms with Crippen LogP contribution in [0.15, 0.2) is 36.5 Å². The van der Waals surface area contributed by atoms with Gasteiger partial charge in [-0.3, -0.25) is 0 Å². The van der Waals surface area contributed by atoms with E-state index in [4.69, 9.17) is 9.72 Å². The summed E-state index contributed by atoms with van der Waals surface area (Å²) in [6.45, 7) is 4.27. The third-order valence-electron chi connectivity index (χ3n) is 6.72. The van der Waals surface area contributed by atoms with Crippen LogP contribution < -0.4 is 4.74 Å². The first kappa shape index (κ1) is 23.9. The summed E-state index contributed by atoms with van der Waals surface area (Å²) in [5.41, 5.74) is 1.62. The van der Waals surface area contributed by atoms with Crippen LogP contribution in [0.4, 0.5) is 8.78 Å². The Morgan fingerprint density at radius 3 is 2.77 bits per heavy atom. The van der Waals surface area contributed by atoms with Crippen LogP contribution in [0.3, 0.4) is 0 Å². The van der Waals surface area contributed by atoms with Crippen molar-refractivity contribution in [1.29, 1.82) is 0 Å². The van der Waals surface area contributed by atoms with E-state index in [1.807, 2.05) is 24.0 Å². The van der Waals surface area contributed by atoms with Crippen molar-refractivity contribution in [3.8, 4) is 22.9 Å². The summed E-state index contributed by atoms with van der Waals surface area (Å²) < 4.78 is 37.9. The van der Waals surface area contributed by atoms with Gasteiger partial charge in [0.2, 0.25) is 0 Å². The summed E-state index contributed by atoms with van der Waals surface area (Å²) in [4.78, 5) is 7.83. The Morgan fingerprint density at radius 1 is 1.06 bits per heavy atom.